The van der Waals surface area contributed by atoms with Crippen molar-refractivity contribution < 1.29 is 13.2 Å². The third-order valence-electron chi connectivity index (χ3n) is 3.39. The van der Waals surface area contributed by atoms with Crippen LogP contribution in [0, 0.1) is 13.8 Å². The lowest BCUT2D eigenvalue weighted by Gasteiger charge is -2.10. The van der Waals surface area contributed by atoms with Gasteiger partial charge in [0.2, 0.25) is 5.91 Å². The van der Waals surface area contributed by atoms with Crippen molar-refractivity contribution in [3.05, 3.63) is 65.2 Å². The largest absolute Gasteiger partial charge is 0.366 e. The smallest absolute Gasteiger partial charge is 0.261 e. The first-order valence-electron chi connectivity index (χ1n) is 6.95. The maximum absolute atomic E-state index is 12.4. The van der Waals surface area contributed by atoms with E-state index in [-0.39, 0.29) is 4.90 Å². The molecule has 0 fully saturated rings. The van der Waals surface area contributed by atoms with Crippen LogP contribution in [0.4, 0.5) is 5.69 Å². The molecule has 2 aromatic rings. The lowest BCUT2D eigenvalue weighted by molar-refractivity contribution is -0.113. The monoisotopic (exact) mass is 330 g/mol. The number of carbonyl (C=O) groups is 1. The molecule has 3 N–H and O–H groups in total. The van der Waals surface area contributed by atoms with Gasteiger partial charge in [0.1, 0.15) is 0 Å². The minimum absolute atomic E-state index is 0.145. The first-order chi connectivity index (χ1) is 10.8. The molecule has 0 unspecified atom stereocenters. The fourth-order valence-corrected chi connectivity index (χ4v) is 3.00. The van der Waals surface area contributed by atoms with Gasteiger partial charge in [0.25, 0.3) is 10.0 Å². The molecule has 0 aliphatic rings. The van der Waals surface area contributed by atoms with E-state index in [1.54, 1.807) is 24.3 Å². The van der Waals surface area contributed by atoms with Crippen LogP contribution in [0.3, 0.4) is 0 Å². The predicted molar refractivity (Wildman–Crippen MR) is 91.4 cm³/mol. The van der Waals surface area contributed by atoms with Crippen molar-refractivity contribution in [2.75, 3.05) is 4.72 Å². The van der Waals surface area contributed by atoms with Crippen molar-refractivity contribution >= 4 is 27.7 Å². The van der Waals surface area contributed by atoms with Crippen LogP contribution in [0.15, 0.2) is 53.4 Å². The van der Waals surface area contributed by atoms with Crippen molar-refractivity contribution in [2.45, 2.75) is 18.7 Å². The molecule has 0 bridgehead atoms. The molecule has 0 aliphatic heterocycles. The molecule has 0 aliphatic carbocycles. The molecule has 0 saturated carbocycles. The van der Waals surface area contributed by atoms with Crippen LogP contribution >= 0.6 is 0 Å². The molecule has 120 valence electrons. The summed E-state index contributed by atoms with van der Waals surface area (Å²) in [5.41, 5.74) is 8.33. The van der Waals surface area contributed by atoms with Gasteiger partial charge in [-0.2, -0.15) is 0 Å². The second-order valence-electron chi connectivity index (χ2n) is 5.21. The number of nitrogens with one attached hydrogen (secondary N) is 1. The molecule has 2 rings (SSSR count). The quantitative estimate of drug-likeness (QED) is 0.826. The van der Waals surface area contributed by atoms with Gasteiger partial charge in [-0.15, -0.1) is 0 Å². The lowest BCUT2D eigenvalue weighted by Crippen LogP contribution is -2.13. The van der Waals surface area contributed by atoms with Crippen LogP contribution in [-0.2, 0) is 14.8 Å². The van der Waals surface area contributed by atoms with Crippen LogP contribution in [0.1, 0.15) is 16.7 Å². The second kappa shape index (κ2) is 6.66. The Labute approximate surface area is 135 Å². The van der Waals surface area contributed by atoms with Crippen LogP contribution in [-0.4, -0.2) is 14.3 Å². The highest BCUT2D eigenvalue weighted by atomic mass is 32.2. The average molecular weight is 330 g/mol. The van der Waals surface area contributed by atoms with Crippen molar-refractivity contribution in [2.24, 2.45) is 5.73 Å². The summed E-state index contributed by atoms with van der Waals surface area (Å²) in [7, 11) is -3.66. The standard InChI is InChI=1S/C17H18N2O3S/c1-12-3-7-15(11-13(12)2)19-23(21,22)16-8-4-14(5-9-16)6-10-17(18)20/h3-11,19H,1-2H3,(H2,18,20)/b10-6+. The maximum atomic E-state index is 12.4. The molecule has 0 spiro atoms. The summed E-state index contributed by atoms with van der Waals surface area (Å²) >= 11 is 0. The van der Waals surface area contributed by atoms with Crippen molar-refractivity contribution in [3.63, 3.8) is 0 Å². The highest BCUT2D eigenvalue weighted by Crippen LogP contribution is 2.19. The number of primary amides is 1. The number of nitrogens with two attached hydrogens (primary N) is 1. The number of sulfonamides is 1. The number of benzene rings is 2. The summed E-state index contributed by atoms with van der Waals surface area (Å²) in [4.78, 5) is 10.8. The zero-order valence-corrected chi connectivity index (χ0v) is 13.7. The molecule has 6 heteroatoms. The summed E-state index contributed by atoms with van der Waals surface area (Å²) in [5.74, 6) is -0.557. The summed E-state index contributed by atoms with van der Waals surface area (Å²) in [6.45, 7) is 3.89. The molecule has 0 radical (unpaired) electrons. The fraction of sp³-hybridized carbons (Fsp3) is 0.118. The number of hydrogen-bond donors (Lipinski definition) is 2. The van der Waals surface area contributed by atoms with E-state index >= 15 is 0 Å². The van der Waals surface area contributed by atoms with Crippen molar-refractivity contribution in [3.8, 4) is 0 Å². The lowest BCUT2D eigenvalue weighted by atomic mass is 10.1. The second-order valence-corrected chi connectivity index (χ2v) is 6.89. The molecule has 1 amide bonds. The topological polar surface area (TPSA) is 89.3 Å². The van der Waals surface area contributed by atoms with Gasteiger partial charge in [-0.25, -0.2) is 8.42 Å². The normalized spacial score (nSPS) is 11.6. The van der Waals surface area contributed by atoms with Gasteiger partial charge in [-0.05, 0) is 60.9 Å². The van der Waals surface area contributed by atoms with E-state index in [4.69, 9.17) is 5.73 Å². The van der Waals surface area contributed by atoms with E-state index in [2.05, 4.69) is 4.72 Å². The molecular weight excluding hydrogens is 312 g/mol. The van der Waals surface area contributed by atoms with E-state index in [0.29, 0.717) is 11.3 Å². The Balaban J connectivity index is 2.22. The summed E-state index contributed by atoms with van der Waals surface area (Å²) in [6, 6.07) is 11.5. The molecule has 0 saturated heterocycles. The minimum Gasteiger partial charge on any atom is -0.366 e. The van der Waals surface area contributed by atoms with Crippen LogP contribution in [0.25, 0.3) is 6.08 Å². The summed E-state index contributed by atoms with van der Waals surface area (Å²) < 4.78 is 27.3. The van der Waals surface area contributed by atoms with E-state index in [0.717, 1.165) is 11.1 Å². The molecule has 0 atom stereocenters. The molecule has 23 heavy (non-hydrogen) atoms. The number of carbonyl (C=O) groups excluding carboxylic acids is 1. The summed E-state index contributed by atoms with van der Waals surface area (Å²) in [6.07, 6.45) is 2.74. The molecule has 2 aromatic carbocycles. The van der Waals surface area contributed by atoms with E-state index in [1.807, 2.05) is 19.9 Å². The fourth-order valence-electron chi connectivity index (χ4n) is 1.96. The number of hydrogen-bond acceptors (Lipinski definition) is 3. The van der Waals surface area contributed by atoms with Gasteiger partial charge < -0.3 is 5.73 Å². The molecule has 5 nitrogen and oxygen atoms in total. The van der Waals surface area contributed by atoms with Crippen molar-refractivity contribution in [1.29, 1.82) is 0 Å². The molecular formula is C17H18N2O3S. The Morgan fingerprint density at radius 2 is 1.70 bits per heavy atom. The number of amides is 1. The first-order valence-corrected chi connectivity index (χ1v) is 8.44. The molecule has 0 heterocycles. The Hall–Kier alpha value is -2.60. The predicted octanol–water partition coefficient (Wildman–Crippen LogP) is 2.60. The van der Waals surface area contributed by atoms with Gasteiger partial charge >= 0.3 is 0 Å². The molecule has 0 aromatic heterocycles. The highest BCUT2D eigenvalue weighted by Gasteiger charge is 2.14. The highest BCUT2D eigenvalue weighted by molar-refractivity contribution is 7.92. The van der Waals surface area contributed by atoms with Gasteiger partial charge in [-0.3, -0.25) is 9.52 Å². The Morgan fingerprint density at radius 1 is 1.04 bits per heavy atom. The maximum Gasteiger partial charge on any atom is 0.261 e. The van der Waals surface area contributed by atoms with Gasteiger partial charge in [0, 0.05) is 11.8 Å². The average Bonchev–Trinajstić information content (AvgIpc) is 2.49. The van der Waals surface area contributed by atoms with Gasteiger partial charge in [-0.1, -0.05) is 18.2 Å². The van der Waals surface area contributed by atoms with E-state index in [1.165, 1.54) is 24.3 Å². The SMILES string of the molecule is Cc1ccc(NS(=O)(=O)c2ccc(/C=C/C(N)=O)cc2)cc1C. The van der Waals surface area contributed by atoms with Gasteiger partial charge in [0.15, 0.2) is 0 Å². The van der Waals surface area contributed by atoms with Crippen LogP contribution in [0.2, 0.25) is 0 Å². The van der Waals surface area contributed by atoms with E-state index < -0.39 is 15.9 Å². The minimum atomic E-state index is -3.66. The van der Waals surface area contributed by atoms with Crippen LogP contribution < -0.4 is 10.5 Å². The van der Waals surface area contributed by atoms with Crippen LogP contribution in [0.5, 0.6) is 0 Å². The number of anilines is 1. The number of aryl methyl sites for hydroxylation is 2. The number of rotatable bonds is 5. The third-order valence-corrected chi connectivity index (χ3v) is 4.79. The zero-order chi connectivity index (χ0) is 17.0. The third kappa shape index (κ3) is 4.43. The van der Waals surface area contributed by atoms with Crippen molar-refractivity contribution in [1.82, 2.24) is 0 Å². The Morgan fingerprint density at radius 3 is 2.26 bits per heavy atom. The Bertz CT molecular complexity index is 854. The summed E-state index contributed by atoms with van der Waals surface area (Å²) in [5, 5.41) is 0. The first kappa shape index (κ1) is 16.8. The van der Waals surface area contributed by atoms with E-state index in [9.17, 15) is 13.2 Å². The van der Waals surface area contributed by atoms with Gasteiger partial charge in [0.05, 0.1) is 4.90 Å². The zero-order valence-electron chi connectivity index (χ0n) is 12.9. The Kier molecular flexibility index (Phi) is 4.86.